The number of carbonyl (C=O) groups is 1. The third-order valence-electron chi connectivity index (χ3n) is 0.991. The van der Waals surface area contributed by atoms with Crippen molar-refractivity contribution in [1.29, 1.82) is 0 Å². The average molecular weight is 220 g/mol. The first-order valence-corrected chi connectivity index (χ1v) is 2.66. The summed E-state index contributed by atoms with van der Waals surface area (Å²) in [7, 11) is 0. The second kappa shape index (κ2) is 3.89. The second-order valence-corrected chi connectivity index (χ2v) is 1.81. The number of carboxylic acid groups (broad SMARTS) is 1. The van der Waals surface area contributed by atoms with Gasteiger partial charge >= 0.3 is 11.7 Å². The van der Waals surface area contributed by atoms with Crippen LogP contribution in [0, 0.1) is 0 Å². The van der Waals surface area contributed by atoms with E-state index >= 15 is 0 Å². The van der Waals surface area contributed by atoms with E-state index in [1.807, 2.05) is 9.97 Å². The minimum atomic E-state index is -1.34. The van der Waals surface area contributed by atoms with Crippen LogP contribution in [0.1, 0.15) is 10.5 Å². The van der Waals surface area contributed by atoms with Crippen LogP contribution in [0.4, 0.5) is 0 Å². The maximum Gasteiger partial charge on any atom is 0.352 e. The summed E-state index contributed by atoms with van der Waals surface area (Å²) in [5, 5.41) is 8.31. The molecule has 7 heteroatoms. The van der Waals surface area contributed by atoms with E-state index < -0.39 is 22.9 Å². The number of carboxylic acids is 1. The maximum atomic E-state index is 10.5. The molecule has 1 heterocycles. The van der Waals surface area contributed by atoms with E-state index in [0.29, 0.717) is 0 Å². The van der Waals surface area contributed by atoms with E-state index in [2.05, 4.69) is 0 Å². The molecular formula is C5H4CuN2O4. The van der Waals surface area contributed by atoms with Gasteiger partial charge in [0.1, 0.15) is 5.69 Å². The van der Waals surface area contributed by atoms with E-state index in [0.717, 1.165) is 6.07 Å². The van der Waals surface area contributed by atoms with Gasteiger partial charge in [0.2, 0.25) is 0 Å². The third kappa shape index (κ3) is 2.37. The molecule has 0 aliphatic carbocycles. The van der Waals surface area contributed by atoms with Gasteiger partial charge in [-0.2, -0.15) is 0 Å². The van der Waals surface area contributed by atoms with Gasteiger partial charge in [-0.25, -0.2) is 9.59 Å². The molecule has 0 atom stereocenters. The van der Waals surface area contributed by atoms with Crippen LogP contribution in [0.25, 0.3) is 0 Å². The fourth-order valence-electron chi connectivity index (χ4n) is 0.584. The number of rotatable bonds is 1. The Balaban J connectivity index is 0.00000121. The zero-order chi connectivity index (χ0) is 8.43. The smallest absolute Gasteiger partial charge is 0.352 e. The Bertz CT molecular complexity index is 365. The summed E-state index contributed by atoms with van der Waals surface area (Å²) in [6, 6.07) is 0.795. The number of aromatic carboxylic acids is 1. The van der Waals surface area contributed by atoms with Crippen molar-refractivity contribution >= 4 is 5.97 Å². The number of hydrogen-bond acceptors (Lipinski definition) is 3. The first-order valence-electron chi connectivity index (χ1n) is 2.66. The maximum absolute atomic E-state index is 10.5. The quantitative estimate of drug-likeness (QED) is 0.514. The molecule has 0 fully saturated rings. The van der Waals surface area contributed by atoms with Crippen molar-refractivity contribution in [2.75, 3.05) is 0 Å². The van der Waals surface area contributed by atoms with Crippen LogP contribution in [0.5, 0.6) is 0 Å². The molecule has 1 aromatic rings. The molecule has 0 unspecified atom stereocenters. The topological polar surface area (TPSA) is 103 Å². The third-order valence-corrected chi connectivity index (χ3v) is 0.991. The number of aromatic amines is 2. The van der Waals surface area contributed by atoms with Gasteiger partial charge in [-0.3, -0.25) is 9.78 Å². The van der Waals surface area contributed by atoms with Gasteiger partial charge in [0.15, 0.2) is 0 Å². The molecule has 0 amide bonds. The van der Waals surface area contributed by atoms with Gasteiger partial charge in [0.05, 0.1) is 0 Å². The summed E-state index contributed by atoms with van der Waals surface area (Å²) in [6.45, 7) is 0. The Morgan fingerprint density at radius 1 is 1.33 bits per heavy atom. The Labute approximate surface area is 76.1 Å². The van der Waals surface area contributed by atoms with Gasteiger partial charge in [-0.1, -0.05) is 0 Å². The van der Waals surface area contributed by atoms with Gasteiger partial charge in [-0.05, 0) is 0 Å². The Hall–Kier alpha value is -1.33. The van der Waals surface area contributed by atoms with Crippen LogP contribution in [0.2, 0.25) is 0 Å². The normalized spacial score (nSPS) is 8.67. The number of hydrogen-bond donors (Lipinski definition) is 3. The summed E-state index contributed by atoms with van der Waals surface area (Å²) in [5.41, 5.74) is -1.97. The van der Waals surface area contributed by atoms with E-state index in [9.17, 15) is 14.4 Å². The number of H-pyrrole nitrogens is 2. The molecule has 0 saturated heterocycles. The van der Waals surface area contributed by atoms with Gasteiger partial charge < -0.3 is 10.1 Å². The summed E-state index contributed by atoms with van der Waals surface area (Å²) >= 11 is 0. The summed E-state index contributed by atoms with van der Waals surface area (Å²) < 4.78 is 0. The average Bonchev–Trinajstić information content (AvgIpc) is 1.85. The zero-order valence-corrected chi connectivity index (χ0v) is 6.49. The van der Waals surface area contributed by atoms with Gasteiger partial charge in [0.25, 0.3) is 5.56 Å². The van der Waals surface area contributed by atoms with E-state index in [-0.39, 0.29) is 17.1 Å². The molecule has 12 heavy (non-hydrogen) atoms. The predicted molar refractivity (Wildman–Crippen MR) is 34.6 cm³/mol. The fraction of sp³-hybridized carbons (Fsp3) is 0. The van der Waals surface area contributed by atoms with Gasteiger partial charge in [-0.15, -0.1) is 0 Å². The summed E-state index contributed by atoms with van der Waals surface area (Å²) in [5.74, 6) is -1.34. The Morgan fingerprint density at radius 3 is 2.33 bits per heavy atom. The molecule has 0 aromatic carbocycles. The molecule has 3 N–H and O–H groups in total. The first kappa shape index (κ1) is 10.7. The Morgan fingerprint density at radius 2 is 1.92 bits per heavy atom. The molecule has 0 aliphatic heterocycles. The van der Waals surface area contributed by atoms with Crippen LogP contribution < -0.4 is 11.2 Å². The molecule has 1 aromatic heterocycles. The molecule has 1 radical (unpaired) electrons. The predicted octanol–water partition coefficient (Wildman–Crippen LogP) is -1.24. The number of aromatic nitrogens is 2. The minimum absolute atomic E-state index is 0. The standard InChI is InChI=1S/C5H4N2O4.Cu/c8-3-1-2(4(9)10)6-5(11)7-3;/h1H,(H,9,10)(H2,6,7,8,11);. The van der Waals surface area contributed by atoms with Crippen molar-refractivity contribution in [3.63, 3.8) is 0 Å². The minimum Gasteiger partial charge on any atom is -0.477 e. The van der Waals surface area contributed by atoms with Crippen LogP contribution in [0.15, 0.2) is 15.7 Å². The van der Waals surface area contributed by atoms with Crippen molar-refractivity contribution in [1.82, 2.24) is 9.97 Å². The van der Waals surface area contributed by atoms with Crippen molar-refractivity contribution < 1.29 is 27.0 Å². The molecule has 1 rings (SSSR count). The largest absolute Gasteiger partial charge is 0.477 e. The van der Waals surface area contributed by atoms with Crippen molar-refractivity contribution in [2.45, 2.75) is 0 Å². The summed E-state index contributed by atoms with van der Waals surface area (Å²) in [6.07, 6.45) is 0. The van der Waals surface area contributed by atoms with Crippen LogP contribution in [-0.2, 0) is 17.1 Å². The first-order chi connectivity index (χ1) is 5.09. The van der Waals surface area contributed by atoms with Crippen molar-refractivity contribution in [3.05, 3.63) is 32.6 Å². The van der Waals surface area contributed by atoms with Gasteiger partial charge in [0, 0.05) is 23.1 Å². The van der Waals surface area contributed by atoms with E-state index in [4.69, 9.17) is 5.11 Å². The van der Waals surface area contributed by atoms with Crippen LogP contribution in [-0.4, -0.2) is 21.0 Å². The van der Waals surface area contributed by atoms with Crippen LogP contribution >= 0.6 is 0 Å². The molecule has 0 bridgehead atoms. The summed E-state index contributed by atoms with van der Waals surface area (Å²) in [4.78, 5) is 34.9. The second-order valence-electron chi connectivity index (χ2n) is 1.81. The molecule has 0 aliphatic rings. The van der Waals surface area contributed by atoms with Crippen LogP contribution in [0.3, 0.4) is 0 Å². The van der Waals surface area contributed by atoms with Crippen molar-refractivity contribution in [3.8, 4) is 0 Å². The molecular weight excluding hydrogens is 216 g/mol. The SMILES string of the molecule is O=C(O)c1cc(=O)[nH]c(=O)[nH]1.[Cu]. The molecule has 0 spiro atoms. The Kier molecular flexibility index (Phi) is 3.46. The zero-order valence-electron chi connectivity index (χ0n) is 5.55. The molecule has 6 nitrogen and oxygen atoms in total. The fourth-order valence-corrected chi connectivity index (χ4v) is 0.584. The van der Waals surface area contributed by atoms with E-state index in [1.165, 1.54) is 0 Å². The number of nitrogens with one attached hydrogen (secondary N) is 2. The van der Waals surface area contributed by atoms with E-state index in [1.54, 1.807) is 0 Å². The molecule has 0 saturated carbocycles. The monoisotopic (exact) mass is 219 g/mol. The molecule has 69 valence electrons. The van der Waals surface area contributed by atoms with Crippen molar-refractivity contribution in [2.24, 2.45) is 0 Å².